The Hall–Kier alpha value is -1.10. The van der Waals surface area contributed by atoms with E-state index in [4.69, 9.17) is 5.11 Å². The Morgan fingerprint density at radius 2 is 2.07 bits per heavy atom. The lowest BCUT2D eigenvalue weighted by molar-refractivity contribution is -0.139. The largest absolute Gasteiger partial charge is 0.394 e. The molecule has 0 aromatic rings. The van der Waals surface area contributed by atoms with Gasteiger partial charge in [-0.2, -0.15) is 0 Å². The Kier molecular flexibility index (Phi) is 3.88. The Bertz CT molecular complexity index is 222. The van der Waals surface area contributed by atoms with Crippen molar-refractivity contribution in [3.05, 3.63) is 0 Å². The number of hydrogen-bond acceptors (Lipinski definition) is 3. The highest BCUT2D eigenvalue weighted by atomic mass is 16.3. The van der Waals surface area contributed by atoms with Crippen LogP contribution >= 0.6 is 0 Å². The van der Waals surface area contributed by atoms with Gasteiger partial charge in [0.1, 0.15) is 0 Å². The van der Waals surface area contributed by atoms with Gasteiger partial charge in [-0.05, 0) is 19.3 Å². The van der Waals surface area contributed by atoms with Gasteiger partial charge in [-0.1, -0.05) is 6.92 Å². The van der Waals surface area contributed by atoms with Crippen LogP contribution in [-0.4, -0.2) is 35.6 Å². The molecule has 1 atom stereocenters. The minimum Gasteiger partial charge on any atom is -0.394 e. The normalized spacial score (nSPS) is 17.3. The average molecular weight is 200 g/mol. The Balaban J connectivity index is 2.27. The fourth-order valence-corrected chi connectivity index (χ4v) is 1.01. The minimum absolute atomic E-state index is 0.140. The van der Waals surface area contributed by atoms with Gasteiger partial charge in [-0.15, -0.1) is 0 Å². The molecule has 3 N–H and O–H groups in total. The number of rotatable bonds is 4. The van der Waals surface area contributed by atoms with Crippen molar-refractivity contribution in [2.75, 3.05) is 6.61 Å². The number of hydrogen-bond donors (Lipinski definition) is 3. The molecule has 0 radical (unpaired) electrons. The van der Waals surface area contributed by atoms with E-state index in [1.807, 2.05) is 6.92 Å². The van der Waals surface area contributed by atoms with E-state index in [0.717, 1.165) is 12.8 Å². The van der Waals surface area contributed by atoms with Crippen molar-refractivity contribution >= 4 is 11.8 Å². The second kappa shape index (κ2) is 4.95. The molecule has 5 heteroatoms. The zero-order chi connectivity index (χ0) is 10.6. The topological polar surface area (TPSA) is 78.4 Å². The van der Waals surface area contributed by atoms with E-state index in [0.29, 0.717) is 6.42 Å². The molecule has 14 heavy (non-hydrogen) atoms. The van der Waals surface area contributed by atoms with Crippen molar-refractivity contribution in [1.29, 1.82) is 0 Å². The van der Waals surface area contributed by atoms with Crippen LogP contribution in [0.5, 0.6) is 0 Å². The zero-order valence-electron chi connectivity index (χ0n) is 8.25. The van der Waals surface area contributed by atoms with E-state index < -0.39 is 11.8 Å². The van der Waals surface area contributed by atoms with Gasteiger partial charge in [0.15, 0.2) is 0 Å². The van der Waals surface area contributed by atoms with Crippen LogP contribution in [0.4, 0.5) is 0 Å². The molecule has 0 aliphatic heterocycles. The molecule has 80 valence electrons. The SMILES string of the molecule is CC[C@H](CO)NC(=O)C(=O)NC1CC1. The third kappa shape index (κ3) is 3.33. The first-order chi connectivity index (χ1) is 6.67. The monoisotopic (exact) mass is 200 g/mol. The number of carbonyl (C=O) groups is 2. The van der Waals surface area contributed by atoms with E-state index in [2.05, 4.69) is 10.6 Å². The maximum absolute atomic E-state index is 11.2. The standard InChI is InChI=1S/C9H16N2O3/c1-2-6(5-12)10-8(13)9(14)11-7-3-4-7/h6-7,12H,2-5H2,1H3,(H,10,13)(H,11,14)/t6-/m1/s1. The summed E-state index contributed by atoms with van der Waals surface area (Å²) in [4.78, 5) is 22.4. The first-order valence-electron chi connectivity index (χ1n) is 4.89. The molecule has 0 spiro atoms. The lowest BCUT2D eigenvalue weighted by Crippen LogP contribution is -2.46. The molecule has 0 aromatic carbocycles. The highest BCUT2D eigenvalue weighted by molar-refractivity contribution is 6.35. The molecule has 1 fully saturated rings. The number of amides is 2. The van der Waals surface area contributed by atoms with Gasteiger partial charge in [-0.25, -0.2) is 0 Å². The van der Waals surface area contributed by atoms with Crippen molar-refractivity contribution in [3.63, 3.8) is 0 Å². The van der Waals surface area contributed by atoms with E-state index in [-0.39, 0.29) is 18.7 Å². The molecule has 0 heterocycles. The van der Waals surface area contributed by atoms with Crippen molar-refractivity contribution in [2.45, 2.75) is 38.3 Å². The van der Waals surface area contributed by atoms with E-state index >= 15 is 0 Å². The zero-order valence-corrected chi connectivity index (χ0v) is 8.25. The van der Waals surface area contributed by atoms with Gasteiger partial charge in [0, 0.05) is 6.04 Å². The summed E-state index contributed by atoms with van der Waals surface area (Å²) in [5, 5.41) is 13.8. The van der Waals surface area contributed by atoms with E-state index in [9.17, 15) is 9.59 Å². The van der Waals surface area contributed by atoms with Crippen LogP contribution in [0.1, 0.15) is 26.2 Å². The summed E-state index contributed by atoms with van der Waals surface area (Å²) in [6.45, 7) is 1.69. The van der Waals surface area contributed by atoms with Crippen LogP contribution in [0.2, 0.25) is 0 Å². The second-order valence-corrected chi connectivity index (χ2v) is 3.51. The van der Waals surface area contributed by atoms with Crippen LogP contribution in [-0.2, 0) is 9.59 Å². The lowest BCUT2D eigenvalue weighted by Gasteiger charge is -2.13. The van der Waals surface area contributed by atoms with Crippen LogP contribution in [0.3, 0.4) is 0 Å². The number of aliphatic hydroxyl groups excluding tert-OH is 1. The number of nitrogens with one attached hydrogen (secondary N) is 2. The van der Waals surface area contributed by atoms with Crippen LogP contribution in [0.15, 0.2) is 0 Å². The summed E-state index contributed by atoms with van der Waals surface area (Å²) in [7, 11) is 0. The van der Waals surface area contributed by atoms with Crippen molar-refractivity contribution in [1.82, 2.24) is 10.6 Å². The quantitative estimate of drug-likeness (QED) is 0.517. The van der Waals surface area contributed by atoms with Crippen LogP contribution in [0.25, 0.3) is 0 Å². The third-order valence-corrected chi connectivity index (χ3v) is 2.17. The van der Waals surface area contributed by atoms with Crippen molar-refractivity contribution in [3.8, 4) is 0 Å². The highest BCUT2D eigenvalue weighted by Gasteiger charge is 2.26. The molecule has 0 aromatic heterocycles. The Labute approximate surface area is 82.9 Å². The summed E-state index contributed by atoms with van der Waals surface area (Å²) in [5.74, 6) is -1.25. The molecule has 1 rings (SSSR count). The maximum Gasteiger partial charge on any atom is 0.309 e. The lowest BCUT2D eigenvalue weighted by atomic mass is 10.2. The first-order valence-corrected chi connectivity index (χ1v) is 4.89. The fraction of sp³-hybridized carbons (Fsp3) is 0.778. The van der Waals surface area contributed by atoms with Gasteiger partial charge in [0.2, 0.25) is 0 Å². The first kappa shape index (κ1) is 11.0. The molecule has 1 aliphatic carbocycles. The molecular formula is C9H16N2O3. The van der Waals surface area contributed by atoms with Crippen LogP contribution in [0, 0.1) is 0 Å². The van der Waals surface area contributed by atoms with Gasteiger partial charge in [0.25, 0.3) is 0 Å². The smallest absolute Gasteiger partial charge is 0.309 e. The molecule has 0 unspecified atom stereocenters. The van der Waals surface area contributed by atoms with Crippen molar-refractivity contribution in [2.24, 2.45) is 0 Å². The third-order valence-electron chi connectivity index (χ3n) is 2.17. The van der Waals surface area contributed by atoms with Crippen LogP contribution < -0.4 is 10.6 Å². The molecule has 5 nitrogen and oxygen atoms in total. The Morgan fingerprint density at radius 3 is 2.50 bits per heavy atom. The van der Waals surface area contributed by atoms with E-state index in [1.165, 1.54) is 0 Å². The average Bonchev–Trinajstić information content (AvgIpc) is 2.97. The summed E-state index contributed by atoms with van der Waals surface area (Å²) >= 11 is 0. The van der Waals surface area contributed by atoms with Gasteiger partial charge in [-0.3, -0.25) is 9.59 Å². The summed E-state index contributed by atoms with van der Waals surface area (Å²) < 4.78 is 0. The predicted octanol–water partition coefficient (Wildman–Crippen LogP) is -0.848. The Morgan fingerprint density at radius 1 is 1.43 bits per heavy atom. The van der Waals surface area contributed by atoms with Gasteiger partial charge < -0.3 is 15.7 Å². The molecule has 1 saturated carbocycles. The highest BCUT2D eigenvalue weighted by Crippen LogP contribution is 2.18. The van der Waals surface area contributed by atoms with Gasteiger partial charge >= 0.3 is 11.8 Å². The summed E-state index contributed by atoms with van der Waals surface area (Å²) in [5.41, 5.74) is 0. The number of carbonyl (C=O) groups excluding carboxylic acids is 2. The molecule has 0 bridgehead atoms. The second-order valence-electron chi connectivity index (χ2n) is 3.51. The van der Waals surface area contributed by atoms with E-state index in [1.54, 1.807) is 0 Å². The van der Waals surface area contributed by atoms with Gasteiger partial charge in [0.05, 0.1) is 12.6 Å². The predicted molar refractivity (Wildman–Crippen MR) is 50.5 cm³/mol. The fourth-order valence-electron chi connectivity index (χ4n) is 1.01. The molecule has 1 aliphatic rings. The summed E-state index contributed by atoms with van der Waals surface area (Å²) in [6, 6.07) is -0.144. The maximum atomic E-state index is 11.2. The molecule has 0 saturated heterocycles. The molecule has 2 amide bonds. The summed E-state index contributed by atoms with van der Waals surface area (Å²) in [6.07, 6.45) is 2.52. The number of aliphatic hydroxyl groups is 1. The minimum atomic E-state index is -0.655. The van der Waals surface area contributed by atoms with Crippen molar-refractivity contribution < 1.29 is 14.7 Å². The molecular weight excluding hydrogens is 184 g/mol.